The Morgan fingerprint density at radius 1 is 1.14 bits per heavy atom. The Bertz CT molecular complexity index is 1200. The van der Waals surface area contributed by atoms with Crippen molar-refractivity contribution in [1.29, 1.82) is 0 Å². The second kappa shape index (κ2) is 7.92. The fourth-order valence-electron chi connectivity index (χ4n) is 6.39. The number of anilines is 1. The summed E-state index contributed by atoms with van der Waals surface area (Å²) in [6.45, 7) is 1.24. The quantitative estimate of drug-likeness (QED) is 0.586. The highest BCUT2D eigenvalue weighted by Crippen LogP contribution is 2.49. The van der Waals surface area contributed by atoms with Crippen molar-refractivity contribution in [2.75, 3.05) is 31.1 Å². The van der Waals surface area contributed by atoms with E-state index in [1.807, 2.05) is 0 Å². The lowest BCUT2D eigenvalue weighted by Crippen LogP contribution is -2.75. The van der Waals surface area contributed by atoms with E-state index in [1.165, 1.54) is 4.90 Å². The highest BCUT2D eigenvalue weighted by atomic mass is 32.1. The number of amides is 1. The lowest BCUT2D eigenvalue weighted by Gasteiger charge is -2.62. The van der Waals surface area contributed by atoms with Crippen molar-refractivity contribution in [2.24, 2.45) is 11.3 Å². The number of pyridine rings is 1. The second-order valence-electron chi connectivity index (χ2n) is 10.6. The number of nitrogens with zero attached hydrogens (tertiary/aromatic N) is 3. The van der Waals surface area contributed by atoms with Gasteiger partial charge in [0.1, 0.15) is 11.0 Å². The van der Waals surface area contributed by atoms with Gasteiger partial charge in [0.15, 0.2) is 0 Å². The molecule has 0 aromatic carbocycles. The molecule has 36 heavy (non-hydrogen) atoms. The van der Waals surface area contributed by atoms with Crippen LogP contribution in [0.4, 0.5) is 36.4 Å². The van der Waals surface area contributed by atoms with E-state index in [-0.39, 0.29) is 57.2 Å². The van der Waals surface area contributed by atoms with Gasteiger partial charge in [0, 0.05) is 60.0 Å². The number of rotatable bonds is 3. The first kappa shape index (κ1) is 24.2. The Kier molecular flexibility index (Phi) is 5.33. The van der Waals surface area contributed by atoms with Crippen molar-refractivity contribution in [1.82, 2.24) is 15.2 Å². The van der Waals surface area contributed by atoms with E-state index in [9.17, 15) is 35.5 Å². The number of nitrogens with one attached hydrogen (secondary N) is 1. The molecule has 2 bridgehead atoms. The van der Waals surface area contributed by atoms with E-state index < -0.39 is 36.6 Å². The van der Waals surface area contributed by atoms with Crippen molar-refractivity contribution >= 4 is 33.1 Å². The third-order valence-electron chi connectivity index (χ3n) is 7.93. The third-order valence-corrected chi connectivity index (χ3v) is 8.97. The minimum atomic E-state index is -4.72. The summed E-state index contributed by atoms with van der Waals surface area (Å²) in [5.41, 5.74) is -1.51. The number of aromatic nitrogens is 1. The number of hydrogen-bond acceptors (Lipinski definition) is 5. The van der Waals surface area contributed by atoms with E-state index in [0.29, 0.717) is 32.1 Å². The number of thiophene rings is 1. The molecule has 1 saturated carbocycles. The molecule has 5 aliphatic rings. The Morgan fingerprint density at radius 2 is 1.86 bits per heavy atom. The Hall–Kier alpha value is -2.15. The predicted octanol–water partition coefficient (Wildman–Crippen LogP) is 4.55. The summed E-state index contributed by atoms with van der Waals surface area (Å²) in [5.74, 6) is -0.506. The van der Waals surface area contributed by atoms with E-state index in [0.717, 1.165) is 23.8 Å². The number of alkyl halides is 7. The summed E-state index contributed by atoms with van der Waals surface area (Å²) in [7, 11) is 0. The van der Waals surface area contributed by atoms with Crippen molar-refractivity contribution in [3.05, 3.63) is 22.7 Å². The predicted molar refractivity (Wildman–Crippen MR) is 119 cm³/mol. The number of likely N-dealkylation sites (tertiary alicyclic amines) is 1. The second-order valence-corrected chi connectivity index (χ2v) is 11.7. The molecule has 4 atom stereocenters. The molecule has 1 spiro atoms. The van der Waals surface area contributed by atoms with Crippen molar-refractivity contribution in [3.8, 4) is 0 Å². The molecule has 196 valence electrons. The average Bonchev–Trinajstić information content (AvgIpc) is 3.11. The maximum atomic E-state index is 14.3. The molecule has 0 radical (unpaired) electrons. The molecule has 7 rings (SSSR count). The van der Waals surface area contributed by atoms with Gasteiger partial charge in [0.2, 0.25) is 5.91 Å². The van der Waals surface area contributed by atoms with Gasteiger partial charge >= 0.3 is 12.4 Å². The largest absolute Gasteiger partial charge is 0.419 e. The number of carbonyl (C=O) groups excluding carboxylic acids is 1. The molecule has 2 aromatic rings. The molecule has 4 saturated heterocycles. The molecule has 1 N–H and O–H groups in total. The molecule has 4 aliphatic heterocycles. The van der Waals surface area contributed by atoms with Gasteiger partial charge in [-0.2, -0.15) is 26.3 Å². The Balaban J connectivity index is 1.19. The van der Waals surface area contributed by atoms with Crippen LogP contribution in [0.15, 0.2) is 12.3 Å². The summed E-state index contributed by atoms with van der Waals surface area (Å²) >= 11 is 0.740. The molecule has 13 heteroatoms. The smallest absolute Gasteiger partial charge is 0.369 e. The van der Waals surface area contributed by atoms with Crippen LogP contribution in [-0.2, 0) is 17.4 Å². The fourth-order valence-corrected chi connectivity index (χ4v) is 7.43. The fraction of sp³-hybridized carbons (Fsp3) is 0.652. The highest BCUT2D eigenvalue weighted by Gasteiger charge is 2.57. The van der Waals surface area contributed by atoms with E-state index in [2.05, 4.69) is 10.3 Å². The lowest BCUT2D eigenvalue weighted by molar-refractivity contribution is -0.153. The van der Waals surface area contributed by atoms with E-state index in [1.54, 1.807) is 4.90 Å². The summed E-state index contributed by atoms with van der Waals surface area (Å²) < 4.78 is 94.4. The number of carbonyl (C=O) groups is 1. The zero-order valence-corrected chi connectivity index (χ0v) is 19.7. The first-order chi connectivity index (χ1) is 16.8. The molecule has 6 heterocycles. The Labute approximate surface area is 205 Å². The van der Waals surface area contributed by atoms with Gasteiger partial charge in [0.05, 0.1) is 23.7 Å². The van der Waals surface area contributed by atoms with Crippen LogP contribution in [0, 0.1) is 11.3 Å². The molecule has 0 unspecified atom stereocenters. The van der Waals surface area contributed by atoms with Gasteiger partial charge < -0.3 is 15.1 Å². The van der Waals surface area contributed by atoms with Crippen LogP contribution < -0.4 is 10.2 Å². The van der Waals surface area contributed by atoms with Gasteiger partial charge in [-0.15, -0.1) is 11.3 Å². The molecule has 1 aliphatic carbocycles. The van der Waals surface area contributed by atoms with Crippen molar-refractivity contribution < 1.29 is 35.5 Å². The lowest BCUT2D eigenvalue weighted by atomic mass is 9.70. The van der Waals surface area contributed by atoms with Crippen LogP contribution in [-0.4, -0.2) is 66.4 Å². The zero-order valence-electron chi connectivity index (χ0n) is 18.9. The SMILES string of the molecule is O=C([C@H]1N[C@@H]2CC[C@@H]1[C@@H](F)C2)N1CC2(C1)CN(c1c(C(F)(F)F)cnc3sc(CC(F)(F)F)cc13)C2. The molecular formula is C23H23F7N4OS. The average molecular weight is 537 g/mol. The number of fused-ring (bicyclic) bond motifs is 4. The van der Waals surface area contributed by atoms with Crippen LogP contribution in [0.3, 0.4) is 0 Å². The monoisotopic (exact) mass is 536 g/mol. The third kappa shape index (κ3) is 4.02. The summed E-state index contributed by atoms with van der Waals surface area (Å²) in [6.07, 6.45) is -8.82. The van der Waals surface area contributed by atoms with E-state index in [4.69, 9.17) is 0 Å². The molecule has 5 nitrogen and oxygen atoms in total. The van der Waals surface area contributed by atoms with Crippen LogP contribution in [0.1, 0.15) is 29.7 Å². The summed E-state index contributed by atoms with van der Waals surface area (Å²) in [5, 5.41) is 3.30. The van der Waals surface area contributed by atoms with Crippen molar-refractivity contribution in [2.45, 2.75) is 56.3 Å². The Morgan fingerprint density at radius 3 is 2.47 bits per heavy atom. The van der Waals surface area contributed by atoms with Crippen LogP contribution in [0.2, 0.25) is 0 Å². The normalized spacial score (nSPS) is 29.5. The van der Waals surface area contributed by atoms with Crippen molar-refractivity contribution in [3.63, 3.8) is 0 Å². The van der Waals surface area contributed by atoms with Gasteiger partial charge in [-0.3, -0.25) is 4.79 Å². The van der Waals surface area contributed by atoms with Gasteiger partial charge in [-0.1, -0.05) is 0 Å². The molecule has 2 aromatic heterocycles. The molecule has 1 amide bonds. The zero-order chi connectivity index (χ0) is 25.6. The van der Waals surface area contributed by atoms with Gasteiger partial charge in [-0.05, 0) is 25.3 Å². The number of piperidine rings is 2. The van der Waals surface area contributed by atoms with Gasteiger partial charge in [-0.25, -0.2) is 9.37 Å². The van der Waals surface area contributed by atoms with E-state index >= 15 is 0 Å². The van der Waals surface area contributed by atoms with Crippen LogP contribution >= 0.6 is 11.3 Å². The maximum Gasteiger partial charge on any atom is 0.419 e. The minimum absolute atomic E-state index is 0.00360. The molecule has 5 fully saturated rings. The maximum absolute atomic E-state index is 14.3. The first-order valence-corrected chi connectivity index (χ1v) is 12.6. The number of halogens is 7. The standard InChI is InChI=1S/C23H23F7N4OS/c24-16-3-11-1-2-13(16)17(32-11)20(35)34-9-21(10-34)7-33(8-21)18-14-4-12(5-22(25,26)27)36-19(14)31-6-15(18)23(28,29)30/h4,6,11,13,16-17,32H,1-3,5,7-10H2/t11-,13-,16+,17+/m1/s1. The minimum Gasteiger partial charge on any atom is -0.369 e. The number of hydrogen-bond donors (Lipinski definition) is 1. The summed E-state index contributed by atoms with van der Waals surface area (Å²) in [4.78, 5) is 20.0. The summed E-state index contributed by atoms with van der Waals surface area (Å²) in [6, 6.07) is 0.593. The van der Waals surface area contributed by atoms with Gasteiger partial charge in [0.25, 0.3) is 0 Å². The van der Waals surface area contributed by atoms with Crippen LogP contribution in [0.5, 0.6) is 0 Å². The van der Waals surface area contributed by atoms with Crippen LogP contribution in [0.25, 0.3) is 10.2 Å². The molecular weight excluding hydrogens is 513 g/mol. The first-order valence-electron chi connectivity index (χ1n) is 11.8. The topological polar surface area (TPSA) is 48.5 Å². The highest BCUT2D eigenvalue weighted by molar-refractivity contribution is 7.18.